The molecule has 0 aliphatic heterocycles. The van der Waals surface area contributed by atoms with Gasteiger partial charge in [-0.3, -0.25) is 0 Å². The maximum Gasteiger partial charge on any atom is 0.336 e. The molecule has 0 aliphatic rings. The minimum Gasteiger partial charge on any atom is -0.480 e. The average Bonchev–Trinajstić information content (AvgIpc) is 2.73. The molecule has 2 aromatic carbocycles. The molecule has 0 atom stereocenters. The zero-order chi connectivity index (χ0) is 20.5. The SMILES string of the molecule is COc1ncc(-c2c(C)cc3oc(=O)cc(-c4ccccc4)c3c2C)c(OC)n1. The van der Waals surface area contributed by atoms with Crippen molar-refractivity contribution in [2.45, 2.75) is 13.8 Å². The minimum atomic E-state index is -0.381. The van der Waals surface area contributed by atoms with Crippen LogP contribution < -0.4 is 15.1 Å². The third-order valence-electron chi connectivity index (χ3n) is 4.94. The van der Waals surface area contributed by atoms with E-state index in [0.717, 1.165) is 38.8 Å². The first-order valence-corrected chi connectivity index (χ1v) is 9.12. The fourth-order valence-corrected chi connectivity index (χ4v) is 3.73. The van der Waals surface area contributed by atoms with E-state index < -0.39 is 0 Å². The number of hydrogen-bond acceptors (Lipinski definition) is 6. The Balaban J connectivity index is 2.08. The minimum absolute atomic E-state index is 0.234. The predicted molar refractivity (Wildman–Crippen MR) is 112 cm³/mol. The van der Waals surface area contributed by atoms with Crippen molar-refractivity contribution in [1.29, 1.82) is 0 Å². The van der Waals surface area contributed by atoms with Crippen molar-refractivity contribution in [3.63, 3.8) is 0 Å². The van der Waals surface area contributed by atoms with E-state index in [0.29, 0.717) is 11.5 Å². The van der Waals surface area contributed by atoms with E-state index in [9.17, 15) is 4.79 Å². The van der Waals surface area contributed by atoms with Crippen LogP contribution in [0.5, 0.6) is 11.9 Å². The van der Waals surface area contributed by atoms with Gasteiger partial charge >= 0.3 is 11.6 Å². The zero-order valence-electron chi connectivity index (χ0n) is 16.6. The van der Waals surface area contributed by atoms with Gasteiger partial charge in [0, 0.05) is 23.2 Å². The van der Waals surface area contributed by atoms with Crippen molar-refractivity contribution in [1.82, 2.24) is 9.97 Å². The first kappa shape index (κ1) is 18.7. The van der Waals surface area contributed by atoms with E-state index in [4.69, 9.17) is 13.9 Å². The lowest BCUT2D eigenvalue weighted by atomic mass is 9.90. The van der Waals surface area contributed by atoms with Crippen LogP contribution in [0.2, 0.25) is 0 Å². The van der Waals surface area contributed by atoms with Gasteiger partial charge < -0.3 is 13.9 Å². The summed E-state index contributed by atoms with van der Waals surface area (Å²) in [4.78, 5) is 20.8. The Labute approximate surface area is 167 Å². The van der Waals surface area contributed by atoms with Crippen LogP contribution in [0.4, 0.5) is 0 Å². The van der Waals surface area contributed by atoms with Crippen molar-refractivity contribution >= 4 is 11.0 Å². The van der Waals surface area contributed by atoms with E-state index in [1.54, 1.807) is 13.3 Å². The molecule has 0 bridgehead atoms. The normalized spacial score (nSPS) is 10.9. The van der Waals surface area contributed by atoms with E-state index in [2.05, 4.69) is 9.97 Å². The highest BCUT2D eigenvalue weighted by Crippen LogP contribution is 2.40. The van der Waals surface area contributed by atoms with Gasteiger partial charge in [-0.1, -0.05) is 30.3 Å². The molecular weight excluding hydrogens is 368 g/mol. The molecule has 0 radical (unpaired) electrons. The van der Waals surface area contributed by atoms with Gasteiger partial charge in [-0.05, 0) is 42.2 Å². The molecular formula is C23H20N2O4. The number of hydrogen-bond donors (Lipinski definition) is 0. The second kappa shape index (κ2) is 7.39. The second-order valence-electron chi connectivity index (χ2n) is 6.69. The van der Waals surface area contributed by atoms with Crippen molar-refractivity contribution in [2.75, 3.05) is 14.2 Å². The molecule has 146 valence electrons. The molecule has 2 heterocycles. The zero-order valence-corrected chi connectivity index (χ0v) is 16.6. The lowest BCUT2D eigenvalue weighted by molar-refractivity contribution is 0.353. The first-order valence-electron chi connectivity index (χ1n) is 9.12. The Morgan fingerprint density at radius 1 is 0.966 bits per heavy atom. The van der Waals surface area contributed by atoms with E-state index >= 15 is 0 Å². The summed E-state index contributed by atoms with van der Waals surface area (Å²) < 4.78 is 16.1. The highest BCUT2D eigenvalue weighted by atomic mass is 16.5. The summed E-state index contributed by atoms with van der Waals surface area (Å²) >= 11 is 0. The van der Waals surface area contributed by atoms with Crippen LogP contribution in [0.15, 0.2) is 57.9 Å². The fraction of sp³-hybridized carbons (Fsp3) is 0.174. The summed E-state index contributed by atoms with van der Waals surface area (Å²) in [6.45, 7) is 3.96. The van der Waals surface area contributed by atoms with E-state index in [1.807, 2.05) is 50.2 Å². The molecule has 29 heavy (non-hydrogen) atoms. The number of aromatic nitrogens is 2. The molecule has 2 aromatic heterocycles. The van der Waals surface area contributed by atoms with Crippen molar-refractivity contribution in [3.05, 3.63) is 70.2 Å². The molecule has 0 aliphatic carbocycles. The van der Waals surface area contributed by atoms with Crippen LogP contribution in [-0.4, -0.2) is 24.2 Å². The third kappa shape index (κ3) is 3.23. The molecule has 6 heteroatoms. The first-order chi connectivity index (χ1) is 14.0. The molecule has 6 nitrogen and oxygen atoms in total. The molecule has 0 saturated heterocycles. The number of fused-ring (bicyclic) bond motifs is 1. The van der Waals surface area contributed by atoms with Crippen molar-refractivity contribution < 1.29 is 13.9 Å². The quantitative estimate of drug-likeness (QED) is 0.478. The topological polar surface area (TPSA) is 74.5 Å². The number of rotatable bonds is 4. The van der Waals surface area contributed by atoms with Crippen LogP contribution in [0, 0.1) is 13.8 Å². The number of aryl methyl sites for hydroxylation is 2. The molecule has 0 amide bonds. The van der Waals surface area contributed by atoms with Gasteiger partial charge in [0.2, 0.25) is 5.88 Å². The highest BCUT2D eigenvalue weighted by molar-refractivity contribution is 6.00. The van der Waals surface area contributed by atoms with Gasteiger partial charge in [-0.25, -0.2) is 9.78 Å². The molecule has 0 N–H and O–H groups in total. The van der Waals surface area contributed by atoms with Gasteiger partial charge in [-0.2, -0.15) is 4.98 Å². The standard InChI is InChI=1S/C23H20N2O4/c1-13-10-18-21(16(11-19(26)29-18)15-8-6-5-7-9-15)14(2)20(13)17-12-24-23(28-4)25-22(17)27-3/h5-12H,1-4H3. The highest BCUT2D eigenvalue weighted by Gasteiger charge is 2.20. The fourth-order valence-electron chi connectivity index (χ4n) is 3.73. The Kier molecular flexibility index (Phi) is 4.76. The summed E-state index contributed by atoms with van der Waals surface area (Å²) in [6, 6.07) is 13.4. The Morgan fingerprint density at radius 2 is 1.72 bits per heavy atom. The van der Waals surface area contributed by atoms with Crippen LogP contribution >= 0.6 is 0 Å². The van der Waals surface area contributed by atoms with Gasteiger partial charge in [0.1, 0.15) is 5.58 Å². The van der Waals surface area contributed by atoms with Crippen molar-refractivity contribution in [2.24, 2.45) is 0 Å². The summed E-state index contributed by atoms with van der Waals surface area (Å²) in [6.07, 6.45) is 1.69. The van der Waals surface area contributed by atoms with Gasteiger partial charge in [0.25, 0.3) is 0 Å². The number of methoxy groups -OCH3 is 2. The van der Waals surface area contributed by atoms with E-state index in [1.165, 1.54) is 13.2 Å². The van der Waals surface area contributed by atoms with Crippen LogP contribution in [0.25, 0.3) is 33.2 Å². The summed E-state index contributed by atoms with van der Waals surface area (Å²) in [5.74, 6) is 0.418. The average molecular weight is 388 g/mol. The van der Waals surface area contributed by atoms with Gasteiger partial charge in [-0.15, -0.1) is 0 Å². The third-order valence-corrected chi connectivity index (χ3v) is 4.94. The molecule has 0 unspecified atom stereocenters. The smallest absolute Gasteiger partial charge is 0.336 e. The summed E-state index contributed by atoms with van der Waals surface area (Å²) in [7, 11) is 3.07. The monoisotopic (exact) mass is 388 g/mol. The van der Waals surface area contributed by atoms with Gasteiger partial charge in [0.15, 0.2) is 0 Å². The molecule has 0 saturated carbocycles. The Morgan fingerprint density at radius 3 is 2.41 bits per heavy atom. The number of ether oxygens (including phenoxy) is 2. The van der Waals surface area contributed by atoms with Crippen LogP contribution in [0.3, 0.4) is 0 Å². The molecule has 0 fully saturated rings. The maximum absolute atomic E-state index is 12.2. The lowest BCUT2D eigenvalue weighted by Gasteiger charge is -2.17. The van der Waals surface area contributed by atoms with Crippen molar-refractivity contribution in [3.8, 4) is 34.1 Å². The summed E-state index contributed by atoms with van der Waals surface area (Å²) in [5.41, 5.74) is 5.49. The Hall–Kier alpha value is -3.67. The largest absolute Gasteiger partial charge is 0.480 e. The number of nitrogens with zero attached hydrogens (tertiary/aromatic N) is 2. The number of benzene rings is 2. The Bertz CT molecular complexity index is 1260. The molecule has 4 rings (SSSR count). The summed E-state index contributed by atoms with van der Waals surface area (Å²) in [5, 5.41) is 0.870. The van der Waals surface area contributed by atoms with Crippen LogP contribution in [-0.2, 0) is 0 Å². The molecule has 4 aromatic rings. The molecule has 0 spiro atoms. The van der Waals surface area contributed by atoms with E-state index in [-0.39, 0.29) is 11.6 Å². The second-order valence-corrected chi connectivity index (χ2v) is 6.69. The maximum atomic E-state index is 12.2. The van der Waals surface area contributed by atoms with Gasteiger partial charge in [0.05, 0.1) is 19.8 Å². The van der Waals surface area contributed by atoms with Crippen LogP contribution in [0.1, 0.15) is 11.1 Å². The lowest BCUT2D eigenvalue weighted by Crippen LogP contribution is -2.03. The predicted octanol–water partition coefficient (Wildman–Crippen LogP) is 4.55.